The van der Waals surface area contributed by atoms with Crippen LogP contribution >= 0.6 is 11.6 Å². The van der Waals surface area contributed by atoms with Crippen molar-refractivity contribution in [2.75, 3.05) is 0 Å². The van der Waals surface area contributed by atoms with Crippen molar-refractivity contribution in [3.8, 4) is 22.8 Å². The first-order valence-corrected chi connectivity index (χ1v) is 9.08. The number of amides is 1. The van der Waals surface area contributed by atoms with E-state index >= 15 is 0 Å². The maximum absolute atomic E-state index is 12.7. The highest BCUT2D eigenvalue weighted by molar-refractivity contribution is 6.30. The van der Waals surface area contributed by atoms with Crippen LogP contribution in [0.5, 0.6) is 0 Å². The van der Waals surface area contributed by atoms with E-state index in [4.69, 9.17) is 16.1 Å². The molecule has 1 heterocycles. The molecule has 0 atom stereocenters. The van der Waals surface area contributed by atoms with Crippen LogP contribution < -0.4 is 5.32 Å². The average Bonchev–Trinajstić information content (AvgIpc) is 3.34. The summed E-state index contributed by atoms with van der Waals surface area (Å²) in [5, 5.41) is 7.79. The maximum atomic E-state index is 12.7. The summed E-state index contributed by atoms with van der Waals surface area (Å²) >= 11 is 5.92. The van der Waals surface area contributed by atoms with Crippen LogP contribution in [0.25, 0.3) is 22.8 Å². The number of hydrogen-bond donors (Lipinski definition) is 1. The number of halogens is 1. The van der Waals surface area contributed by atoms with Crippen molar-refractivity contribution in [2.45, 2.75) is 31.7 Å². The van der Waals surface area contributed by atoms with Crippen LogP contribution in [0.15, 0.2) is 53.1 Å². The first-order valence-electron chi connectivity index (χ1n) is 8.70. The first-order chi connectivity index (χ1) is 12.7. The summed E-state index contributed by atoms with van der Waals surface area (Å²) in [7, 11) is 0. The van der Waals surface area contributed by atoms with Gasteiger partial charge in [0.25, 0.3) is 11.8 Å². The van der Waals surface area contributed by atoms with Gasteiger partial charge in [-0.2, -0.15) is 4.98 Å². The zero-order valence-corrected chi connectivity index (χ0v) is 14.9. The Kier molecular flexibility index (Phi) is 4.71. The lowest BCUT2D eigenvalue weighted by molar-refractivity contribution is 0.0938. The Balaban J connectivity index is 1.62. The zero-order valence-electron chi connectivity index (χ0n) is 14.1. The number of rotatable bonds is 4. The standard InChI is InChI=1S/C20H18ClN3O2/c21-14-11-9-13(10-12-14)18-23-20(26-24-18)17-8-4-3-7-16(17)19(25)22-15-5-1-2-6-15/h3-4,7-12,15H,1-2,5-6H2,(H,22,25). The molecule has 0 aliphatic heterocycles. The van der Waals surface area contributed by atoms with Crippen molar-refractivity contribution in [3.05, 3.63) is 59.1 Å². The largest absolute Gasteiger partial charge is 0.349 e. The van der Waals surface area contributed by atoms with Crippen LogP contribution in [-0.2, 0) is 0 Å². The van der Waals surface area contributed by atoms with Crippen molar-refractivity contribution in [3.63, 3.8) is 0 Å². The number of hydrogen-bond acceptors (Lipinski definition) is 4. The van der Waals surface area contributed by atoms with E-state index in [9.17, 15) is 4.79 Å². The summed E-state index contributed by atoms with van der Waals surface area (Å²) in [6.45, 7) is 0. The van der Waals surface area contributed by atoms with Crippen LogP contribution in [0.4, 0.5) is 0 Å². The van der Waals surface area contributed by atoms with Crippen molar-refractivity contribution in [1.82, 2.24) is 15.5 Å². The lowest BCUT2D eigenvalue weighted by atomic mass is 10.1. The van der Waals surface area contributed by atoms with Gasteiger partial charge in [-0.1, -0.05) is 41.7 Å². The smallest absolute Gasteiger partial charge is 0.259 e. The molecular formula is C20H18ClN3O2. The fourth-order valence-corrected chi connectivity index (χ4v) is 3.38. The fourth-order valence-electron chi connectivity index (χ4n) is 3.25. The van der Waals surface area contributed by atoms with E-state index in [2.05, 4.69) is 15.5 Å². The molecule has 0 radical (unpaired) electrons. The number of carbonyl (C=O) groups excluding carboxylic acids is 1. The molecule has 0 unspecified atom stereocenters. The molecule has 2 aromatic carbocycles. The molecule has 1 fully saturated rings. The van der Waals surface area contributed by atoms with Crippen molar-refractivity contribution in [1.29, 1.82) is 0 Å². The van der Waals surface area contributed by atoms with E-state index in [0.717, 1.165) is 18.4 Å². The monoisotopic (exact) mass is 367 g/mol. The number of nitrogens with zero attached hydrogens (tertiary/aromatic N) is 2. The Labute approximate surface area is 156 Å². The molecule has 5 nitrogen and oxygen atoms in total. The normalized spacial score (nSPS) is 14.5. The second kappa shape index (κ2) is 7.30. The third-order valence-corrected chi connectivity index (χ3v) is 4.87. The lowest BCUT2D eigenvalue weighted by Gasteiger charge is -2.13. The quantitative estimate of drug-likeness (QED) is 0.723. The number of nitrogens with one attached hydrogen (secondary N) is 1. The van der Waals surface area contributed by atoms with Crippen LogP contribution in [0.2, 0.25) is 5.02 Å². The Morgan fingerprint density at radius 2 is 1.81 bits per heavy atom. The van der Waals surface area contributed by atoms with Crippen molar-refractivity contribution >= 4 is 17.5 Å². The minimum atomic E-state index is -0.0984. The third kappa shape index (κ3) is 3.48. The Bertz CT molecular complexity index is 915. The highest BCUT2D eigenvalue weighted by Crippen LogP contribution is 2.26. The van der Waals surface area contributed by atoms with Crippen LogP contribution in [0.3, 0.4) is 0 Å². The SMILES string of the molecule is O=C(NC1CCCC1)c1ccccc1-c1nc(-c2ccc(Cl)cc2)no1. The summed E-state index contributed by atoms with van der Waals surface area (Å²) in [6.07, 6.45) is 4.41. The van der Waals surface area contributed by atoms with Gasteiger partial charge in [0.1, 0.15) is 0 Å². The molecule has 1 aliphatic rings. The van der Waals surface area contributed by atoms with E-state index in [1.54, 1.807) is 18.2 Å². The van der Waals surface area contributed by atoms with Gasteiger partial charge in [-0.25, -0.2) is 0 Å². The predicted molar refractivity (Wildman–Crippen MR) is 99.9 cm³/mol. The van der Waals surface area contributed by atoms with E-state index in [-0.39, 0.29) is 11.9 Å². The molecule has 1 aliphatic carbocycles. The van der Waals surface area contributed by atoms with Gasteiger partial charge in [-0.15, -0.1) is 0 Å². The minimum absolute atomic E-state index is 0.0984. The number of aromatic nitrogens is 2. The first kappa shape index (κ1) is 16.8. The summed E-state index contributed by atoms with van der Waals surface area (Å²) < 4.78 is 5.42. The predicted octanol–water partition coefficient (Wildman–Crippen LogP) is 4.73. The summed E-state index contributed by atoms with van der Waals surface area (Å²) in [6, 6.07) is 14.8. The molecule has 0 bridgehead atoms. The highest BCUT2D eigenvalue weighted by Gasteiger charge is 2.22. The molecule has 1 amide bonds. The highest BCUT2D eigenvalue weighted by atomic mass is 35.5. The summed E-state index contributed by atoms with van der Waals surface area (Å²) in [4.78, 5) is 17.1. The van der Waals surface area contributed by atoms with Crippen LogP contribution in [-0.4, -0.2) is 22.1 Å². The molecule has 1 saturated carbocycles. The van der Waals surface area contributed by atoms with E-state index in [1.165, 1.54) is 12.8 Å². The molecule has 132 valence electrons. The Hall–Kier alpha value is -2.66. The van der Waals surface area contributed by atoms with Crippen LogP contribution in [0.1, 0.15) is 36.0 Å². The van der Waals surface area contributed by atoms with Gasteiger partial charge in [0.2, 0.25) is 5.82 Å². The average molecular weight is 368 g/mol. The molecule has 1 N–H and O–H groups in total. The van der Waals surface area contributed by atoms with Gasteiger partial charge in [-0.05, 0) is 49.2 Å². The van der Waals surface area contributed by atoms with E-state index in [0.29, 0.717) is 27.9 Å². The number of carbonyl (C=O) groups is 1. The van der Waals surface area contributed by atoms with Crippen molar-refractivity contribution in [2.24, 2.45) is 0 Å². The van der Waals surface area contributed by atoms with Gasteiger partial charge in [0.05, 0.1) is 11.1 Å². The molecular weight excluding hydrogens is 350 g/mol. The summed E-state index contributed by atoms with van der Waals surface area (Å²) in [5.74, 6) is 0.688. The van der Waals surface area contributed by atoms with Crippen LogP contribution in [0, 0.1) is 0 Å². The van der Waals surface area contributed by atoms with E-state index < -0.39 is 0 Å². The van der Waals surface area contributed by atoms with Gasteiger partial charge < -0.3 is 9.84 Å². The molecule has 4 rings (SSSR count). The van der Waals surface area contributed by atoms with Gasteiger partial charge in [0, 0.05) is 16.6 Å². The minimum Gasteiger partial charge on any atom is -0.349 e. The second-order valence-corrected chi connectivity index (χ2v) is 6.87. The van der Waals surface area contributed by atoms with Gasteiger partial charge >= 0.3 is 0 Å². The molecule has 1 aromatic heterocycles. The second-order valence-electron chi connectivity index (χ2n) is 6.43. The molecule has 0 spiro atoms. The topological polar surface area (TPSA) is 68.0 Å². The molecule has 3 aromatic rings. The molecule has 0 saturated heterocycles. The van der Waals surface area contributed by atoms with Gasteiger partial charge in [-0.3, -0.25) is 4.79 Å². The van der Waals surface area contributed by atoms with Gasteiger partial charge in [0.15, 0.2) is 0 Å². The third-order valence-electron chi connectivity index (χ3n) is 4.62. The van der Waals surface area contributed by atoms with E-state index in [1.807, 2.05) is 30.3 Å². The lowest BCUT2D eigenvalue weighted by Crippen LogP contribution is -2.32. The fraction of sp³-hybridized carbons (Fsp3) is 0.250. The maximum Gasteiger partial charge on any atom is 0.259 e. The Morgan fingerprint density at radius 3 is 2.58 bits per heavy atom. The molecule has 6 heteroatoms. The zero-order chi connectivity index (χ0) is 17.9. The summed E-state index contributed by atoms with van der Waals surface area (Å²) in [5.41, 5.74) is 1.98. The number of benzene rings is 2. The Morgan fingerprint density at radius 1 is 1.08 bits per heavy atom. The van der Waals surface area contributed by atoms with Crippen molar-refractivity contribution < 1.29 is 9.32 Å². The molecule has 26 heavy (non-hydrogen) atoms.